The van der Waals surface area contributed by atoms with Gasteiger partial charge in [0.15, 0.2) is 17.5 Å². The smallest absolute Gasteiger partial charge is 0.164 e. The van der Waals surface area contributed by atoms with Crippen LogP contribution >= 0.6 is 22.7 Å². The molecule has 9 aromatic carbocycles. The fourth-order valence-corrected chi connectivity index (χ4v) is 11.9. The highest BCUT2D eigenvalue weighted by Crippen LogP contribution is 2.45. The maximum absolute atomic E-state index is 6.65. The van der Waals surface area contributed by atoms with E-state index in [1.165, 1.54) is 40.3 Å². The predicted molar refractivity (Wildman–Crippen MR) is 267 cm³/mol. The molecule has 14 rings (SSSR count). The highest BCUT2D eigenvalue weighted by atomic mass is 32.1. The first-order chi connectivity index (χ1) is 31.7. The van der Waals surface area contributed by atoms with E-state index in [-0.39, 0.29) is 0 Å². The average Bonchev–Trinajstić information content (AvgIpc) is 4.13. The summed E-state index contributed by atoms with van der Waals surface area (Å²) < 4.78 is 18.2. The summed E-state index contributed by atoms with van der Waals surface area (Å²) in [5.41, 5.74) is 10.4. The molecule has 0 aliphatic rings. The quantitative estimate of drug-likeness (QED) is 0.173. The van der Waals surface area contributed by atoms with Crippen LogP contribution in [0.25, 0.3) is 141 Å². The minimum atomic E-state index is 0.585. The summed E-state index contributed by atoms with van der Waals surface area (Å²) in [6.07, 6.45) is 0. The third kappa shape index (κ3) is 5.45. The molecule has 5 nitrogen and oxygen atoms in total. The van der Waals surface area contributed by atoms with Gasteiger partial charge in [0.2, 0.25) is 0 Å². The summed E-state index contributed by atoms with van der Waals surface area (Å²) in [6.45, 7) is 0. The van der Waals surface area contributed by atoms with Gasteiger partial charge in [0.05, 0.1) is 0 Å². The molecule has 0 atom stereocenters. The van der Waals surface area contributed by atoms with Crippen molar-refractivity contribution in [3.63, 3.8) is 0 Å². The van der Waals surface area contributed by atoms with E-state index < -0.39 is 0 Å². The van der Waals surface area contributed by atoms with E-state index in [0.29, 0.717) is 17.5 Å². The van der Waals surface area contributed by atoms with E-state index in [0.717, 1.165) is 82.8 Å². The normalized spacial score (nSPS) is 12.1. The largest absolute Gasteiger partial charge is 0.456 e. The molecule has 0 N–H and O–H groups in total. The number of hydrogen-bond donors (Lipinski definition) is 0. The Morgan fingerprint density at radius 3 is 1.58 bits per heavy atom. The molecular formula is C57H31N3O2S2. The molecule has 0 fully saturated rings. The van der Waals surface area contributed by atoms with Gasteiger partial charge in [-0.1, -0.05) is 133 Å². The summed E-state index contributed by atoms with van der Waals surface area (Å²) in [6, 6.07) is 66.1. The van der Waals surface area contributed by atoms with Crippen molar-refractivity contribution < 1.29 is 8.83 Å². The molecule has 0 bridgehead atoms. The Hall–Kier alpha value is -7.97. The SMILES string of the molecule is c1ccc(-c2ccc(-c3ccc4oc5cccc(-c6nc(-c7ccc8c(c7)sc7ccccc78)nc(-c7ccc8c(c7)sc7ccccc78)n6)c5c4c3)c3c2oc2ccccc23)cc1. The van der Waals surface area contributed by atoms with Gasteiger partial charge in [-0.15, -0.1) is 22.7 Å². The number of thiophene rings is 2. The molecule has 7 heteroatoms. The van der Waals surface area contributed by atoms with Gasteiger partial charge >= 0.3 is 0 Å². The predicted octanol–water partition coefficient (Wildman–Crippen LogP) is 16.7. The summed E-state index contributed by atoms with van der Waals surface area (Å²) >= 11 is 3.58. The standard InChI is InChI=1S/C57H31N3O2S2/c1-2-11-32(12-3-1)37-27-26-36(53-42-15-4-7-17-45(42)62-54(37)53)33-23-28-46-44(29-33)52-43(16-10-18-47(52)61-46)57-59-55(34-21-24-40-38-13-5-8-19-48(38)63-50(40)30-34)58-56(60-57)35-22-25-41-39-14-6-9-20-49(39)64-51(41)31-35/h1-31H. The molecule has 5 heterocycles. The van der Waals surface area contributed by atoms with Crippen molar-refractivity contribution in [2.45, 2.75) is 0 Å². The summed E-state index contributed by atoms with van der Waals surface area (Å²) in [5, 5.41) is 9.08. The van der Waals surface area contributed by atoms with Crippen LogP contribution in [0.3, 0.4) is 0 Å². The van der Waals surface area contributed by atoms with Gasteiger partial charge in [0.1, 0.15) is 22.3 Å². The topological polar surface area (TPSA) is 65.0 Å². The minimum absolute atomic E-state index is 0.585. The summed E-state index contributed by atoms with van der Waals surface area (Å²) in [5.74, 6) is 1.82. The summed E-state index contributed by atoms with van der Waals surface area (Å²) in [4.78, 5) is 15.9. The van der Waals surface area contributed by atoms with Crippen LogP contribution in [-0.4, -0.2) is 15.0 Å². The van der Waals surface area contributed by atoms with E-state index in [1.807, 2.05) is 30.3 Å². The second-order valence-electron chi connectivity index (χ2n) is 16.2. The van der Waals surface area contributed by atoms with E-state index in [9.17, 15) is 0 Å². The average molecular weight is 854 g/mol. The number of rotatable bonds is 5. The van der Waals surface area contributed by atoms with Crippen LogP contribution in [0, 0.1) is 0 Å². The molecule has 5 aromatic heterocycles. The van der Waals surface area contributed by atoms with Gasteiger partial charge in [-0.25, -0.2) is 15.0 Å². The number of fused-ring (bicyclic) bond motifs is 12. The van der Waals surface area contributed by atoms with E-state index >= 15 is 0 Å². The highest BCUT2D eigenvalue weighted by molar-refractivity contribution is 7.26. The first kappa shape index (κ1) is 35.6. The van der Waals surface area contributed by atoms with Crippen molar-refractivity contribution in [3.05, 3.63) is 188 Å². The number of para-hydroxylation sites is 1. The molecule has 64 heavy (non-hydrogen) atoms. The molecule has 14 aromatic rings. The zero-order valence-electron chi connectivity index (χ0n) is 33.9. The van der Waals surface area contributed by atoms with Gasteiger partial charge in [-0.05, 0) is 71.3 Å². The van der Waals surface area contributed by atoms with E-state index in [4.69, 9.17) is 23.8 Å². The van der Waals surface area contributed by atoms with Crippen LogP contribution in [0.1, 0.15) is 0 Å². The molecule has 0 unspecified atom stereocenters. The first-order valence-corrected chi connectivity index (χ1v) is 22.9. The van der Waals surface area contributed by atoms with E-state index in [2.05, 4.69) is 158 Å². The molecular weight excluding hydrogens is 823 g/mol. The molecule has 0 amide bonds. The van der Waals surface area contributed by atoms with E-state index in [1.54, 1.807) is 22.7 Å². The molecule has 298 valence electrons. The minimum Gasteiger partial charge on any atom is -0.456 e. The third-order valence-corrected chi connectivity index (χ3v) is 14.8. The Kier molecular flexibility index (Phi) is 7.66. The van der Waals surface area contributed by atoms with Crippen molar-refractivity contribution in [3.8, 4) is 56.4 Å². The van der Waals surface area contributed by atoms with Crippen molar-refractivity contribution in [1.29, 1.82) is 0 Å². The van der Waals surface area contributed by atoms with Crippen LogP contribution in [-0.2, 0) is 0 Å². The third-order valence-electron chi connectivity index (χ3n) is 12.6. The second kappa shape index (κ2) is 13.8. The number of furan rings is 2. The number of hydrogen-bond acceptors (Lipinski definition) is 7. The van der Waals surface area contributed by atoms with Crippen molar-refractivity contribution >= 4 is 107 Å². The lowest BCUT2D eigenvalue weighted by atomic mass is 9.93. The summed E-state index contributed by atoms with van der Waals surface area (Å²) in [7, 11) is 0. The van der Waals surface area contributed by atoms with Crippen molar-refractivity contribution in [2.75, 3.05) is 0 Å². The Bertz CT molecular complexity index is 4080. The number of aromatic nitrogens is 3. The monoisotopic (exact) mass is 853 g/mol. The van der Waals surface area contributed by atoms with Gasteiger partial charge in [0.25, 0.3) is 0 Å². The molecule has 0 spiro atoms. The van der Waals surface area contributed by atoms with Gasteiger partial charge < -0.3 is 8.83 Å². The van der Waals surface area contributed by atoms with Gasteiger partial charge in [-0.3, -0.25) is 0 Å². The second-order valence-corrected chi connectivity index (χ2v) is 18.4. The lowest BCUT2D eigenvalue weighted by molar-refractivity contribution is 0.669. The van der Waals surface area contributed by atoms with Crippen LogP contribution in [0.4, 0.5) is 0 Å². The molecule has 0 saturated heterocycles. The molecule has 0 aliphatic carbocycles. The fourth-order valence-electron chi connectivity index (χ4n) is 9.58. The Labute approximate surface area is 373 Å². The van der Waals surface area contributed by atoms with Gasteiger partial charge in [-0.2, -0.15) is 0 Å². The number of benzene rings is 9. The van der Waals surface area contributed by atoms with Crippen molar-refractivity contribution in [1.82, 2.24) is 15.0 Å². The lowest BCUT2D eigenvalue weighted by Gasteiger charge is -2.10. The molecule has 0 aliphatic heterocycles. The Morgan fingerprint density at radius 1 is 0.297 bits per heavy atom. The van der Waals surface area contributed by atoms with Crippen LogP contribution < -0.4 is 0 Å². The first-order valence-electron chi connectivity index (χ1n) is 21.2. The maximum atomic E-state index is 6.65. The maximum Gasteiger partial charge on any atom is 0.164 e. The lowest BCUT2D eigenvalue weighted by Crippen LogP contribution is -2.00. The molecule has 0 saturated carbocycles. The van der Waals surface area contributed by atoms with Crippen LogP contribution in [0.15, 0.2) is 197 Å². The zero-order chi connectivity index (χ0) is 41.9. The van der Waals surface area contributed by atoms with Crippen molar-refractivity contribution in [2.24, 2.45) is 0 Å². The zero-order valence-corrected chi connectivity index (χ0v) is 35.5. The van der Waals surface area contributed by atoms with Gasteiger partial charge in [0, 0.05) is 84.1 Å². The fraction of sp³-hybridized carbons (Fsp3) is 0. The van der Waals surface area contributed by atoms with Crippen LogP contribution in [0.2, 0.25) is 0 Å². The van der Waals surface area contributed by atoms with Crippen LogP contribution in [0.5, 0.6) is 0 Å². The number of nitrogens with zero attached hydrogens (tertiary/aromatic N) is 3. The highest BCUT2D eigenvalue weighted by Gasteiger charge is 2.22. The Morgan fingerprint density at radius 2 is 0.859 bits per heavy atom. The Balaban J connectivity index is 0.982. The molecule has 0 radical (unpaired) electrons.